The van der Waals surface area contributed by atoms with Crippen molar-refractivity contribution in [2.75, 3.05) is 7.11 Å². The highest BCUT2D eigenvalue weighted by molar-refractivity contribution is 5.89. The molecule has 0 saturated carbocycles. The lowest BCUT2D eigenvalue weighted by molar-refractivity contribution is 0.0600. The van der Waals surface area contributed by atoms with Gasteiger partial charge in [-0.15, -0.1) is 0 Å². The van der Waals surface area contributed by atoms with Gasteiger partial charge in [0, 0.05) is 0 Å². The van der Waals surface area contributed by atoms with E-state index < -0.39 is 0 Å². The first kappa shape index (κ1) is 16.2. The molecule has 1 aliphatic carbocycles. The number of esters is 1. The van der Waals surface area contributed by atoms with Crippen molar-refractivity contribution in [2.45, 2.75) is 34.1 Å². The average molecular weight is 272 g/mol. The first-order chi connectivity index (χ1) is 8.91. The van der Waals surface area contributed by atoms with Crippen LogP contribution in [0.2, 0.25) is 0 Å². The second-order valence-corrected chi connectivity index (χ2v) is 5.91. The summed E-state index contributed by atoms with van der Waals surface area (Å²) in [4.78, 5) is 11.4. The van der Waals surface area contributed by atoms with Crippen LogP contribution in [0.5, 0.6) is 0 Å². The second-order valence-electron chi connectivity index (χ2n) is 5.91. The van der Waals surface area contributed by atoms with Crippen LogP contribution in [0.15, 0.2) is 42.5 Å². The lowest BCUT2D eigenvalue weighted by atomic mass is 9.74. The molecule has 1 aliphatic rings. The summed E-state index contributed by atoms with van der Waals surface area (Å²) in [5, 5.41) is 0. The molecule has 1 aromatic carbocycles. The smallest absolute Gasteiger partial charge is 0.337 e. The fourth-order valence-electron chi connectivity index (χ4n) is 2.66. The monoisotopic (exact) mass is 272 g/mol. The molecule has 0 heterocycles. The number of ether oxygens (including phenoxy) is 1. The van der Waals surface area contributed by atoms with E-state index in [0.717, 1.165) is 18.4 Å². The molecule has 2 nitrogen and oxygen atoms in total. The number of allylic oxidation sites excluding steroid dienone is 3. The van der Waals surface area contributed by atoms with Crippen LogP contribution in [0.3, 0.4) is 0 Å². The van der Waals surface area contributed by atoms with Crippen LogP contribution in [0.4, 0.5) is 0 Å². The van der Waals surface area contributed by atoms with Crippen molar-refractivity contribution in [3.05, 3.63) is 53.6 Å². The fraction of sp³-hybridized carbons (Fsp3) is 0.389. The van der Waals surface area contributed by atoms with Gasteiger partial charge in [-0.3, -0.25) is 0 Å². The molecule has 108 valence electrons. The maximum Gasteiger partial charge on any atom is 0.337 e. The van der Waals surface area contributed by atoms with E-state index in [4.69, 9.17) is 4.74 Å². The minimum atomic E-state index is -0.297. The summed E-state index contributed by atoms with van der Waals surface area (Å²) in [6, 6.07) is 7.58. The summed E-state index contributed by atoms with van der Waals surface area (Å²) in [5.41, 5.74) is 4.45. The van der Waals surface area contributed by atoms with Crippen molar-refractivity contribution in [2.24, 2.45) is 5.41 Å². The van der Waals surface area contributed by atoms with E-state index in [1.54, 1.807) is 0 Å². The largest absolute Gasteiger partial charge is 0.465 e. The number of methoxy groups -OCH3 is 1. The minimum absolute atomic E-state index is 0. The molecule has 1 aromatic rings. The van der Waals surface area contributed by atoms with Crippen LogP contribution in [0.1, 0.15) is 50.0 Å². The average Bonchev–Trinajstić information content (AvgIpc) is 2.35. The zero-order chi connectivity index (χ0) is 14.0. The van der Waals surface area contributed by atoms with E-state index in [1.165, 1.54) is 18.3 Å². The van der Waals surface area contributed by atoms with Gasteiger partial charge in [0.2, 0.25) is 0 Å². The Kier molecular flexibility index (Phi) is 4.93. The van der Waals surface area contributed by atoms with Crippen LogP contribution in [0.25, 0.3) is 5.57 Å². The van der Waals surface area contributed by atoms with Gasteiger partial charge in [0.15, 0.2) is 0 Å². The zero-order valence-corrected chi connectivity index (χ0v) is 11.8. The molecule has 0 unspecified atom stereocenters. The molecule has 0 atom stereocenters. The molecule has 0 aromatic heterocycles. The number of hydrogen-bond acceptors (Lipinski definition) is 2. The highest BCUT2D eigenvalue weighted by Crippen LogP contribution is 2.41. The summed E-state index contributed by atoms with van der Waals surface area (Å²) in [7, 11) is 1.40. The van der Waals surface area contributed by atoms with Crippen molar-refractivity contribution >= 4 is 11.5 Å². The lowest BCUT2D eigenvalue weighted by Crippen LogP contribution is -2.16. The highest BCUT2D eigenvalue weighted by Gasteiger charge is 2.25. The zero-order valence-electron chi connectivity index (χ0n) is 11.8. The third-order valence-corrected chi connectivity index (χ3v) is 3.43. The topological polar surface area (TPSA) is 26.3 Å². The Hall–Kier alpha value is -1.83. The quantitative estimate of drug-likeness (QED) is 0.718. The van der Waals surface area contributed by atoms with Gasteiger partial charge in [0.05, 0.1) is 12.7 Å². The fourth-order valence-corrected chi connectivity index (χ4v) is 2.66. The summed E-state index contributed by atoms with van der Waals surface area (Å²) in [6.45, 7) is 8.61. The van der Waals surface area contributed by atoms with Crippen molar-refractivity contribution < 1.29 is 9.53 Å². The molecule has 0 spiro atoms. The Morgan fingerprint density at radius 3 is 2.30 bits per heavy atom. The molecule has 0 fully saturated rings. The Morgan fingerprint density at radius 2 is 1.80 bits per heavy atom. The van der Waals surface area contributed by atoms with Gasteiger partial charge in [-0.2, -0.15) is 0 Å². The third kappa shape index (κ3) is 3.60. The molecule has 0 bridgehead atoms. The van der Waals surface area contributed by atoms with E-state index in [9.17, 15) is 4.79 Å². The van der Waals surface area contributed by atoms with E-state index in [1.807, 2.05) is 24.3 Å². The Balaban J connectivity index is 0.00000200. The van der Waals surface area contributed by atoms with Crippen molar-refractivity contribution in [1.82, 2.24) is 0 Å². The van der Waals surface area contributed by atoms with Crippen molar-refractivity contribution in [3.63, 3.8) is 0 Å². The predicted molar refractivity (Wildman–Crippen MR) is 84.6 cm³/mol. The highest BCUT2D eigenvalue weighted by atomic mass is 16.5. The van der Waals surface area contributed by atoms with Gasteiger partial charge in [-0.1, -0.05) is 51.6 Å². The summed E-state index contributed by atoms with van der Waals surface area (Å²) in [5.74, 6) is -0.297. The number of hydrogen-bond donors (Lipinski definition) is 0. The van der Waals surface area contributed by atoms with E-state index in [2.05, 4.69) is 26.5 Å². The predicted octanol–water partition coefficient (Wildman–Crippen LogP) is 4.87. The Morgan fingerprint density at radius 1 is 1.20 bits per heavy atom. The Labute approximate surface area is 122 Å². The van der Waals surface area contributed by atoms with Crippen LogP contribution < -0.4 is 0 Å². The lowest BCUT2D eigenvalue weighted by Gasteiger charge is -2.31. The van der Waals surface area contributed by atoms with Gasteiger partial charge < -0.3 is 4.74 Å². The molecule has 0 radical (unpaired) electrons. The molecule has 0 saturated heterocycles. The molecule has 0 amide bonds. The molecule has 0 aliphatic heterocycles. The molecular weight excluding hydrogens is 248 g/mol. The van der Waals surface area contributed by atoms with Gasteiger partial charge in [-0.25, -0.2) is 4.79 Å². The molecule has 2 rings (SSSR count). The minimum Gasteiger partial charge on any atom is -0.465 e. The van der Waals surface area contributed by atoms with Gasteiger partial charge >= 0.3 is 5.97 Å². The number of carbonyl (C=O) groups excluding carboxylic acids is 1. The second kappa shape index (κ2) is 6.08. The van der Waals surface area contributed by atoms with E-state index in [0.29, 0.717) is 5.56 Å². The maximum atomic E-state index is 11.4. The normalized spacial score (nSPS) is 16.9. The Bertz CT molecular complexity index is 533. The van der Waals surface area contributed by atoms with Crippen LogP contribution >= 0.6 is 0 Å². The van der Waals surface area contributed by atoms with Crippen LogP contribution in [-0.2, 0) is 4.74 Å². The van der Waals surface area contributed by atoms with Crippen LogP contribution in [-0.4, -0.2) is 13.1 Å². The third-order valence-electron chi connectivity index (χ3n) is 3.43. The van der Waals surface area contributed by atoms with Gasteiger partial charge in [0.25, 0.3) is 0 Å². The number of rotatable bonds is 2. The molecule has 0 N–H and O–H groups in total. The van der Waals surface area contributed by atoms with Gasteiger partial charge in [0.1, 0.15) is 0 Å². The summed E-state index contributed by atoms with van der Waals surface area (Å²) in [6.07, 6.45) is 4.23. The summed E-state index contributed by atoms with van der Waals surface area (Å²) < 4.78 is 4.70. The van der Waals surface area contributed by atoms with E-state index in [-0.39, 0.29) is 18.8 Å². The first-order valence-electron chi connectivity index (χ1n) is 6.48. The van der Waals surface area contributed by atoms with Gasteiger partial charge in [-0.05, 0) is 41.5 Å². The first-order valence-corrected chi connectivity index (χ1v) is 6.48. The molecular formula is C18H24O2. The number of carbonyl (C=O) groups is 1. The molecule has 20 heavy (non-hydrogen) atoms. The maximum absolute atomic E-state index is 11.4. The molecule has 2 heteroatoms. The van der Waals surface area contributed by atoms with Crippen molar-refractivity contribution in [1.29, 1.82) is 0 Å². The van der Waals surface area contributed by atoms with E-state index >= 15 is 0 Å². The van der Waals surface area contributed by atoms with Crippen molar-refractivity contribution in [3.8, 4) is 0 Å². The number of benzene rings is 1. The summed E-state index contributed by atoms with van der Waals surface area (Å²) >= 11 is 0. The standard InChI is InChI=1S/C17H20O2.CH4/c1-12-9-15(11-17(2,3)10-12)13-5-7-14(8-6-13)16(18)19-4;/h5-9H,1,10-11H2,2-4H3;1H4. The van der Waals surface area contributed by atoms with Crippen LogP contribution in [0, 0.1) is 5.41 Å². The SMILES string of the molecule is C.C=C1C=C(c2ccc(C(=O)OC)cc2)CC(C)(C)C1.